The summed E-state index contributed by atoms with van der Waals surface area (Å²) in [7, 11) is 0. The van der Waals surface area contributed by atoms with Crippen LogP contribution in [0.15, 0.2) is 42.6 Å². The third-order valence-corrected chi connectivity index (χ3v) is 2.42. The molecule has 0 bridgehead atoms. The van der Waals surface area contributed by atoms with E-state index < -0.39 is 23.4 Å². The fraction of sp³-hybridized carbons (Fsp3) is 0.0769. The van der Waals surface area contributed by atoms with Crippen molar-refractivity contribution in [3.63, 3.8) is 0 Å². The quantitative estimate of drug-likeness (QED) is 0.941. The monoisotopic (exact) mass is 282 g/mol. The van der Waals surface area contributed by atoms with E-state index in [-0.39, 0.29) is 11.4 Å². The van der Waals surface area contributed by atoms with Crippen LogP contribution in [0.3, 0.4) is 0 Å². The number of hydrogen-bond acceptors (Lipinski definition) is 3. The predicted molar refractivity (Wildman–Crippen MR) is 64.3 cm³/mol. The molecule has 0 unspecified atom stereocenters. The topological polar surface area (TPSA) is 65.2 Å². The van der Waals surface area contributed by atoms with Gasteiger partial charge in [-0.1, -0.05) is 12.1 Å². The lowest BCUT2D eigenvalue weighted by Gasteiger charge is -2.14. The summed E-state index contributed by atoms with van der Waals surface area (Å²) < 4.78 is 43.6. The van der Waals surface area contributed by atoms with Gasteiger partial charge in [-0.05, 0) is 24.3 Å². The molecule has 0 spiro atoms. The van der Waals surface area contributed by atoms with Gasteiger partial charge >= 0.3 is 6.18 Å². The maximum Gasteiger partial charge on any atom is 0.419 e. The fourth-order valence-corrected chi connectivity index (χ4v) is 1.57. The van der Waals surface area contributed by atoms with Gasteiger partial charge in [-0.25, -0.2) is 4.98 Å². The molecule has 0 aliphatic carbocycles. The minimum atomic E-state index is -4.56. The third kappa shape index (κ3) is 2.87. The molecule has 2 N–H and O–H groups in total. The number of rotatable bonds is 3. The Bertz CT molecular complexity index is 642. The number of aromatic nitrogens is 1. The van der Waals surface area contributed by atoms with Crippen LogP contribution in [0.2, 0.25) is 0 Å². The number of alkyl halides is 3. The lowest BCUT2D eigenvalue weighted by Crippen LogP contribution is -2.14. The number of carbonyl (C=O) groups excluding carboxylic acids is 1. The first-order valence-electron chi connectivity index (χ1n) is 5.48. The maximum atomic E-state index is 12.8. The summed E-state index contributed by atoms with van der Waals surface area (Å²) in [5.41, 5.74) is 3.91. The maximum absolute atomic E-state index is 12.8. The van der Waals surface area contributed by atoms with Gasteiger partial charge in [0.1, 0.15) is 5.75 Å². The average molecular weight is 282 g/mol. The van der Waals surface area contributed by atoms with E-state index in [1.54, 1.807) is 0 Å². The van der Waals surface area contributed by atoms with Gasteiger partial charge in [0.2, 0.25) is 0 Å². The van der Waals surface area contributed by atoms with E-state index in [1.165, 1.54) is 30.5 Å². The van der Waals surface area contributed by atoms with Crippen LogP contribution in [0.5, 0.6) is 11.5 Å². The highest BCUT2D eigenvalue weighted by Crippen LogP contribution is 2.38. The largest absolute Gasteiger partial charge is 0.454 e. The highest BCUT2D eigenvalue weighted by Gasteiger charge is 2.34. The Morgan fingerprint density at radius 3 is 2.40 bits per heavy atom. The van der Waals surface area contributed by atoms with Crippen molar-refractivity contribution in [2.45, 2.75) is 6.18 Å². The van der Waals surface area contributed by atoms with Crippen molar-refractivity contribution in [2.24, 2.45) is 5.73 Å². The van der Waals surface area contributed by atoms with Crippen molar-refractivity contribution in [2.75, 3.05) is 0 Å². The number of amides is 1. The lowest BCUT2D eigenvalue weighted by molar-refractivity contribution is -0.138. The van der Waals surface area contributed by atoms with Gasteiger partial charge in [-0.3, -0.25) is 4.79 Å². The predicted octanol–water partition coefficient (Wildman–Crippen LogP) is 2.99. The molecule has 0 saturated carbocycles. The summed E-state index contributed by atoms with van der Waals surface area (Å²) in [5, 5.41) is 0. The zero-order valence-corrected chi connectivity index (χ0v) is 10.0. The molecule has 1 aromatic carbocycles. The van der Waals surface area contributed by atoms with Crippen LogP contribution in [0.25, 0.3) is 0 Å². The Morgan fingerprint density at radius 2 is 1.75 bits per heavy atom. The van der Waals surface area contributed by atoms with Crippen molar-refractivity contribution < 1.29 is 22.7 Å². The lowest BCUT2D eigenvalue weighted by atomic mass is 10.2. The molecule has 20 heavy (non-hydrogen) atoms. The Hall–Kier alpha value is -2.57. The van der Waals surface area contributed by atoms with Gasteiger partial charge in [-0.15, -0.1) is 0 Å². The molecule has 0 aliphatic heterocycles. The van der Waals surface area contributed by atoms with E-state index >= 15 is 0 Å². The summed E-state index contributed by atoms with van der Waals surface area (Å²) in [5.74, 6) is -1.43. The first-order chi connectivity index (χ1) is 9.39. The van der Waals surface area contributed by atoms with Crippen molar-refractivity contribution in [3.8, 4) is 11.5 Å². The van der Waals surface area contributed by atoms with Crippen LogP contribution < -0.4 is 10.5 Å². The Morgan fingerprint density at radius 1 is 1.10 bits per heavy atom. The fourth-order valence-electron chi connectivity index (χ4n) is 1.57. The van der Waals surface area contributed by atoms with Crippen molar-refractivity contribution in [1.82, 2.24) is 4.98 Å². The molecule has 0 radical (unpaired) electrons. The summed E-state index contributed by atoms with van der Waals surface area (Å²) >= 11 is 0. The zero-order valence-electron chi connectivity index (χ0n) is 10.0. The van der Waals surface area contributed by atoms with Crippen LogP contribution in [-0.2, 0) is 6.18 Å². The van der Waals surface area contributed by atoms with Gasteiger partial charge in [0, 0.05) is 6.20 Å². The number of benzene rings is 1. The number of nitrogens with zero attached hydrogens (tertiary/aromatic N) is 1. The SMILES string of the molecule is NC(=O)c1ncccc1Oc1ccccc1C(F)(F)F. The molecule has 2 aromatic rings. The van der Waals surface area contributed by atoms with Crippen LogP contribution in [-0.4, -0.2) is 10.9 Å². The molecular formula is C13H9F3N2O2. The first-order valence-corrected chi connectivity index (χ1v) is 5.48. The van der Waals surface area contributed by atoms with Crippen molar-refractivity contribution >= 4 is 5.91 Å². The Balaban J connectivity index is 2.44. The summed E-state index contributed by atoms with van der Waals surface area (Å²) in [6.45, 7) is 0. The second-order valence-electron chi connectivity index (χ2n) is 3.81. The molecule has 0 aliphatic rings. The van der Waals surface area contributed by atoms with E-state index in [1.807, 2.05) is 0 Å². The Kier molecular flexibility index (Phi) is 3.60. The molecular weight excluding hydrogens is 273 g/mol. The van der Waals surface area contributed by atoms with Crippen LogP contribution >= 0.6 is 0 Å². The van der Waals surface area contributed by atoms with Gasteiger partial charge < -0.3 is 10.5 Å². The summed E-state index contributed by atoms with van der Waals surface area (Å²) in [6, 6.07) is 7.42. The molecule has 4 nitrogen and oxygen atoms in total. The van der Waals surface area contributed by atoms with Gasteiger partial charge in [0.25, 0.3) is 5.91 Å². The molecule has 104 valence electrons. The molecule has 2 rings (SSSR count). The van der Waals surface area contributed by atoms with E-state index in [0.717, 1.165) is 12.1 Å². The van der Waals surface area contributed by atoms with Gasteiger partial charge in [-0.2, -0.15) is 13.2 Å². The number of pyridine rings is 1. The third-order valence-electron chi connectivity index (χ3n) is 2.42. The number of carbonyl (C=O) groups is 1. The van der Waals surface area contributed by atoms with Crippen LogP contribution in [0.1, 0.15) is 16.1 Å². The number of ether oxygens (including phenoxy) is 1. The second kappa shape index (κ2) is 5.20. The van der Waals surface area contributed by atoms with Crippen molar-refractivity contribution in [1.29, 1.82) is 0 Å². The smallest absolute Gasteiger partial charge is 0.419 e. The highest BCUT2D eigenvalue weighted by molar-refractivity contribution is 5.93. The average Bonchev–Trinajstić information content (AvgIpc) is 2.38. The number of primary amides is 1. The number of halogens is 3. The van der Waals surface area contributed by atoms with Crippen LogP contribution in [0, 0.1) is 0 Å². The van der Waals surface area contributed by atoms with Crippen molar-refractivity contribution in [3.05, 3.63) is 53.9 Å². The highest BCUT2D eigenvalue weighted by atomic mass is 19.4. The zero-order chi connectivity index (χ0) is 14.8. The van der Waals surface area contributed by atoms with E-state index in [2.05, 4.69) is 4.98 Å². The number of para-hydroxylation sites is 1. The van der Waals surface area contributed by atoms with Gasteiger partial charge in [0.15, 0.2) is 11.4 Å². The van der Waals surface area contributed by atoms with E-state index in [0.29, 0.717) is 0 Å². The van der Waals surface area contributed by atoms with E-state index in [4.69, 9.17) is 10.5 Å². The molecule has 0 fully saturated rings. The van der Waals surface area contributed by atoms with Crippen LogP contribution in [0.4, 0.5) is 13.2 Å². The summed E-state index contributed by atoms with van der Waals surface area (Å²) in [6.07, 6.45) is -3.27. The number of hydrogen-bond donors (Lipinski definition) is 1. The normalized spacial score (nSPS) is 11.2. The first kappa shape index (κ1) is 13.9. The molecule has 0 atom stereocenters. The summed E-state index contributed by atoms with van der Waals surface area (Å²) in [4.78, 5) is 14.8. The minimum Gasteiger partial charge on any atom is -0.454 e. The van der Waals surface area contributed by atoms with Gasteiger partial charge in [0.05, 0.1) is 5.56 Å². The minimum absolute atomic E-state index is 0.128. The molecule has 1 heterocycles. The molecule has 0 saturated heterocycles. The standard InChI is InChI=1S/C13H9F3N2O2/c14-13(15,16)8-4-1-2-5-9(8)20-10-6-3-7-18-11(10)12(17)19/h1-7H,(H2,17,19). The van der Waals surface area contributed by atoms with E-state index in [9.17, 15) is 18.0 Å². The second-order valence-corrected chi connectivity index (χ2v) is 3.81. The molecule has 7 heteroatoms. The molecule has 1 aromatic heterocycles. The number of nitrogens with two attached hydrogens (primary N) is 1. The molecule has 1 amide bonds. The Labute approximate surface area is 112 Å².